The van der Waals surface area contributed by atoms with E-state index >= 15 is 0 Å². The van der Waals surface area contributed by atoms with Gasteiger partial charge in [0.1, 0.15) is 17.8 Å². The molecule has 1 fully saturated rings. The van der Waals surface area contributed by atoms with E-state index in [1.54, 1.807) is 68.6 Å². The molecule has 0 bridgehead atoms. The van der Waals surface area contributed by atoms with E-state index in [0.29, 0.717) is 16.8 Å². The molecular formula is C28H25N3O5. The normalized spacial score (nSPS) is 17.2. The molecular weight excluding hydrogens is 458 g/mol. The molecule has 8 heteroatoms. The predicted octanol–water partition coefficient (Wildman–Crippen LogP) is 4.00. The summed E-state index contributed by atoms with van der Waals surface area (Å²) in [6.45, 7) is 1.18. The first-order valence-electron chi connectivity index (χ1n) is 11.3. The molecule has 4 rings (SSSR count). The first-order valence-corrected chi connectivity index (χ1v) is 11.3. The molecule has 1 heterocycles. The van der Waals surface area contributed by atoms with E-state index in [-0.39, 0.29) is 5.78 Å². The third kappa shape index (κ3) is 5.17. The molecule has 0 aliphatic carbocycles. The molecule has 1 aliphatic heterocycles. The highest BCUT2D eigenvalue weighted by Gasteiger charge is 2.49. The van der Waals surface area contributed by atoms with Crippen molar-refractivity contribution in [2.24, 2.45) is 0 Å². The number of amides is 4. The fourth-order valence-electron chi connectivity index (χ4n) is 3.85. The van der Waals surface area contributed by atoms with Crippen LogP contribution in [-0.2, 0) is 15.1 Å². The molecule has 3 aromatic carbocycles. The number of urea groups is 1. The molecule has 0 spiro atoms. The molecule has 1 atom stereocenters. The van der Waals surface area contributed by atoms with Gasteiger partial charge in [-0.25, -0.2) is 4.79 Å². The molecule has 182 valence electrons. The van der Waals surface area contributed by atoms with E-state index in [0.717, 1.165) is 16.2 Å². The van der Waals surface area contributed by atoms with Crippen LogP contribution >= 0.6 is 0 Å². The Morgan fingerprint density at radius 3 is 2.28 bits per heavy atom. The monoisotopic (exact) mass is 483 g/mol. The van der Waals surface area contributed by atoms with Crippen molar-refractivity contribution in [2.75, 3.05) is 19.0 Å². The Bertz CT molecular complexity index is 1320. The van der Waals surface area contributed by atoms with Crippen LogP contribution in [0.4, 0.5) is 10.5 Å². The van der Waals surface area contributed by atoms with Crippen molar-refractivity contribution in [3.63, 3.8) is 0 Å². The van der Waals surface area contributed by atoms with Crippen LogP contribution in [0.5, 0.6) is 5.75 Å². The Labute approximate surface area is 208 Å². The van der Waals surface area contributed by atoms with Crippen molar-refractivity contribution in [3.05, 3.63) is 102 Å². The maximum atomic E-state index is 13.0. The summed E-state index contributed by atoms with van der Waals surface area (Å²) in [5.41, 5.74) is 1.14. The van der Waals surface area contributed by atoms with E-state index in [1.165, 1.54) is 6.08 Å². The van der Waals surface area contributed by atoms with Crippen molar-refractivity contribution < 1.29 is 23.9 Å². The first kappa shape index (κ1) is 24.4. The van der Waals surface area contributed by atoms with E-state index < -0.39 is 29.9 Å². The summed E-state index contributed by atoms with van der Waals surface area (Å²) in [5, 5.41) is 5.33. The van der Waals surface area contributed by atoms with Gasteiger partial charge in [0, 0.05) is 11.3 Å². The maximum Gasteiger partial charge on any atom is 0.325 e. The summed E-state index contributed by atoms with van der Waals surface area (Å²) in [6.07, 6.45) is 3.18. The van der Waals surface area contributed by atoms with Crippen LogP contribution in [0.1, 0.15) is 28.4 Å². The highest BCUT2D eigenvalue weighted by molar-refractivity contribution is 6.10. The SMILES string of the molecule is COc1ccc(/C=C/C(=O)c2ccc(NC(=O)CN3C(=O)NC(C)(c4ccccc4)C3=O)cc2)cc1. The van der Waals surface area contributed by atoms with Gasteiger partial charge in [-0.05, 0) is 60.5 Å². The second kappa shape index (κ2) is 10.3. The number of anilines is 1. The van der Waals surface area contributed by atoms with Crippen LogP contribution in [-0.4, -0.2) is 42.2 Å². The van der Waals surface area contributed by atoms with Gasteiger partial charge < -0.3 is 15.4 Å². The molecule has 3 aromatic rings. The molecule has 36 heavy (non-hydrogen) atoms. The van der Waals surface area contributed by atoms with E-state index in [1.807, 2.05) is 30.3 Å². The van der Waals surface area contributed by atoms with Gasteiger partial charge in [-0.3, -0.25) is 19.3 Å². The zero-order chi connectivity index (χ0) is 25.7. The van der Waals surface area contributed by atoms with Gasteiger partial charge in [0.15, 0.2) is 5.78 Å². The number of hydrogen-bond donors (Lipinski definition) is 2. The molecule has 8 nitrogen and oxygen atoms in total. The summed E-state index contributed by atoms with van der Waals surface area (Å²) < 4.78 is 5.12. The standard InChI is InChI=1S/C28H25N3O5/c1-28(21-6-4-3-5-7-21)26(34)31(27(35)30-28)18-25(33)29-22-13-11-20(12-14-22)24(32)17-10-19-8-15-23(36-2)16-9-19/h3-17H,18H2,1-2H3,(H,29,33)(H,30,35)/b17-10+. The molecule has 0 radical (unpaired) electrons. The topological polar surface area (TPSA) is 105 Å². The lowest BCUT2D eigenvalue weighted by atomic mass is 9.92. The minimum atomic E-state index is -1.24. The number of methoxy groups -OCH3 is 1. The van der Waals surface area contributed by atoms with E-state index in [9.17, 15) is 19.2 Å². The van der Waals surface area contributed by atoms with Crippen molar-refractivity contribution in [3.8, 4) is 5.75 Å². The second-order valence-electron chi connectivity index (χ2n) is 8.41. The average Bonchev–Trinajstić information content (AvgIpc) is 3.12. The van der Waals surface area contributed by atoms with Crippen molar-refractivity contribution in [2.45, 2.75) is 12.5 Å². The van der Waals surface area contributed by atoms with Crippen LogP contribution in [0.15, 0.2) is 84.9 Å². The molecule has 1 unspecified atom stereocenters. The minimum Gasteiger partial charge on any atom is -0.497 e. The summed E-state index contributed by atoms with van der Waals surface area (Å²) in [6, 6.07) is 21.9. The number of carbonyl (C=O) groups excluding carboxylic acids is 4. The lowest BCUT2D eigenvalue weighted by molar-refractivity contribution is -0.133. The smallest absolute Gasteiger partial charge is 0.325 e. The van der Waals surface area contributed by atoms with Gasteiger partial charge in [-0.15, -0.1) is 0 Å². The number of imide groups is 1. The zero-order valence-electron chi connectivity index (χ0n) is 19.9. The number of carbonyl (C=O) groups is 4. The zero-order valence-corrected chi connectivity index (χ0v) is 19.9. The first-order chi connectivity index (χ1) is 17.3. The number of benzene rings is 3. The summed E-state index contributed by atoms with van der Waals surface area (Å²) in [7, 11) is 1.59. The molecule has 1 saturated heterocycles. The third-order valence-electron chi connectivity index (χ3n) is 5.92. The van der Waals surface area contributed by atoms with Crippen molar-refractivity contribution >= 4 is 35.4 Å². The average molecular weight is 484 g/mol. The number of ether oxygens (including phenoxy) is 1. The fraction of sp³-hybridized carbons (Fsp3) is 0.143. The maximum absolute atomic E-state index is 13.0. The van der Waals surface area contributed by atoms with Crippen LogP contribution in [0.25, 0.3) is 6.08 Å². The van der Waals surface area contributed by atoms with Gasteiger partial charge in [0.05, 0.1) is 7.11 Å². The van der Waals surface area contributed by atoms with E-state index in [4.69, 9.17) is 4.74 Å². The second-order valence-corrected chi connectivity index (χ2v) is 8.41. The molecule has 2 N–H and O–H groups in total. The predicted molar refractivity (Wildman–Crippen MR) is 135 cm³/mol. The van der Waals surface area contributed by atoms with E-state index in [2.05, 4.69) is 10.6 Å². The van der Waals surface area contributed by atoms with Crippen LogP contribution in [0.2, 0.25) is 0 Å². The van der Waals surface area contributed by atoms with Crippen molar-refractivity contribution in [1.82, 2.24) is 10.2 Å². The Hall–Kier alpha value is -4.72. The Balaban J connectivity index is 1.35. The van der Waals surface area contributed by atoms with Gasteiger partial charge in [-0.2, -0.15) is 0 Å². The Morgan fingerprint density at radius 1 is 0.972 bits per heavy atom. The van der Waals surface area contributed by atoms with Crippen LogP contribution in [0.3, 0.4) is 0 Å². The number of rotatable bonds is 8. The highest BCUT2D eigenvalue weighted by atomic mass is 16.5. The lowest BCUT2D eigenvalue weighted by Crippen LogP contribution is -2.42. The molecule has 1 aliphatic rings. The quantitative estimate of drug-likeness (QED) is 0.286. The number of ketones is 1. The van der Waals surface area contributed by atoms with Gasteiger partial charge in [-0.1, -0.05) is 48.5 Å². The molecule has 0 saturated carbocycles. The summed E-state index contributed by atoms with van der Waals surface area (Å²) >= 11 is 0. The van der Waals surface area contributed by atoms with Gasteiger partial charge >= 0.3 is 6.03 Å². The van der Waals surface area contributed by atoms with Crippen LogP contribution < -0.4 is 15.4 Å². The number of hydrogen-bond acceptors (Lipinski definition) is 5. The highest BCUT2D eigenvalue weighted by Crippen LogP contribution is 2.28. The molecule has 4 amide bonds. The Kier molecular flexibility index (Phi) is 6.96. The van der Waals surface area contributed by atoms with Gasteiger partial charge in [0.2, 0.25) is 5.91 Å². The number of nitrogens with one attached hydrogen (secondary N) is 2. The largest absolute Gasteiger partial charge is 0.497 e. The third-order valence-corrected chi connectivity index (χ3v) is 5.92. The van der Waals surface area contributed by atoms with Gasteiger partial charge in [0.25, 0.3) is 5.91 Å². The number of allylic oxidation sites excluding steroid dienone is 1. The summed E-state index contributed by atoms with van der Waals surface area (Å²) in [4.78, 5) is 51.3. The minimum absolute atomic E-state index is 0.191. The summed E-state index contributed by atoms with van der Waals surface area (Å²) in [5.74, 6) is -0.494. The lowest BCUT2D eigenvalue weighted by Gasteiger charge is -2.22. The Morgan fingerprint density at radius 2 is 1.64 bits per heavy atom. The van der Waals surface area contributed by atoms with Crippen molar-refractivity contribution in [1.29, 1.82) is 0 Å². The molecule has 0 aromatic heterocycles. The van der Waals surface area contributed by atoms with Crippen LogP contribution in [0, 0.1) is 0 Å². The fourth-order valence-corrected chi connectivity index (χ4v) is 3.85. The number of nitrogens with zero attached hydrogens (tertiary/aromatic N) is 1.